The van der Waals surface area contributed by atoms with Gasteiger partial charge < -0.3 is 10.6 Å². The molecule has 4 nitrogen and oxygen atoms in total. The van der Waals surface area contributed by atoms with Crippen molar-refractivity contribution >= 4 is 23.2 Å². The SMILES string of the molecule is CCC(=O)Nc1ccccc1.CCC(=O)Nc1ccccc1. The largest absolute Gasteiger partial charge is 0.326 e. The van der Waals surface area contributed by atoms with Crippen LogP contribution < -0.4 is 10.6 Å². The van der Waals surface area contributed by atoms with Crippen LogP contribution in [0.15, 0.2) is 60.7 Å². The standard InChI is InChI=1S/2C9H11NO/c2*1-2-9(11)10-8-6-4-3-5-7-8/h2*3-7H,2H2,1H3,(H,10,11). The summed E-state index contributed by atoms with van der Waals surface area (Å²) in [5.41, 5.74) is 1.72. The van der Waals surface area contributed by atoms with Crippen LogP contribution in [0.4, 0.5) is 11.4 Å². The Balaban J connectivity index is 0.000000220. The number of amides is 2. The number of benzene rings is 2. The lowest BCUT2D eigenvalue weighted by molar-refractivity contribution is -0.116. The molecule has 2 aromatic rings. The summed E-state index contributed by atoms with van der Waals surface area (Å²) in [6.07, 6.45) is 1.05. The molecular weight excluding hydrogens is 276 g/mol. The predicted molar refractivity (Wildman–Crippen MR) is 90.7 cm³/mol. The average Bonchev–Trinajstić information content (AvgIpc) is 2.57. The smallest absolute Gasteiger partial charge is 0.224 e. The van der Waals surface area contributed by atoms with Gasteiger partial charge in [0.05, 0.1) is 0 Å². The zero-order chi connectivity index (χ0) is 16.2. The molecule has 0 saturated carbocycles. The van der Waals surface area contributed by atoms with Crippen LogP contribution in [0.1, 0.15) is 26.7 Å². The van der Waals surface area contributed by atoms with E-state index in [-0.39, 0.29) is 11.8 Å². The van der Waals surface area contributed by atoms with Gasteiger partial charge in [-0.3, -0.25) is 9.59 Å². The average molecular weight is 298 g/mol. The van der Waals surface area contributed by atoms with E-state index in [0.29, 0.717) is 12.8 Å². The van der Waals surface area contributed by atoms with E-state index in [1.807, 2.05) is 74.5 Å². The first-order valence-electron chi connectivity index (χ1n) is 7.35. The summed E-state index contributed by atoms with van der Waals surface area (Å²) in [5.74, 6) is 0.104. The van der Waals surface area contributed by atoms with E-state index in [0.717, 1.165) is 11.4 Å². The summed E-state index contributed by atoms with van der Waals surface area (Å²) in [7, 11) is 0. The van der Waals surface area contributed by atoms with Crippen molar-refractivity contribution in [3.63, 3.8) is 0 Å². The third-order valence-corrected chi connectivity index (χ3v) is 2.76. The van der Waals surface area contributed by atoms with E-state index in [1.54, 1.807) is 0 Å². The first-order valence-corrected chi connectivity index (χ1v) is 7.35. The van der Waals surface area contributed by atoms with Crippen molar-refractivity contribution in [1.29, 1.82) is 0 Å². The Kier molecular flexibility index (Phi) is 8.05. The van der Waals surface area contributed by atoms with Gasteiger partial charge in [0.1, 0.15) is 0 Å². The Morgan fingerprint density at radius 1 is 0.682 bits per heavy atom. The van der Waals surface area contributed by atoms with E-state index in [2.05, 4.69) is 10.6 Å². The molecule has 0 radical (unpaired) electrons. The monoisotopic (exact) mass is 298 g/mol. The van der Waals surface area contributed by atoms with Gasteiger partial charge in [-0.05, 0) is 24.3 Å². The summed E-state index contributed by atoms with van der Waals surface area (Å²) in [5, 5.41) is 5.51. The minimum absolute atomic E-state index is 0.0520. The molecule has 0 fully saturated rings. The van der Waals surface area contributed by atoms with Gasteiger partial charge >= 0.3 is 0 Å². The molecule has 2 aromatic carbocycles. The Labute approximate surface area is 131 Å². The lowest BCUT2D eigenvalue weighted by atomic mass is 10.3. The van der Waals surface area contributed by atoms with Crippen molar-refractivity contribution in [2.75, 3.05) is 10.6 Å². The van der Waals surface area contributed by atoms with Crippen molar-refractivity contribution in [3.05, 3.63) is 60.7 Å². The van der Waals surface area contributed by atoms with Gasteiger partial charge in [0.2, 0.25) is 11.8 Å². The molecule has 2 amide bonds. The van der Waals surface area contributed by atoms with Gasteiger partial charge in [-0.1, -0.05) is 50.2 Å². The summed E-state index contributed by atoms with van der Waals surface area (Å²) in [4.78, 5) is 21.7. The molecule has 0 atom stereocenters. The first kappa shape index (κ1) is 17.4. The fourth-order valence-corrected chi connectivity index (χ4v) is 1.54. The van der Waals surface area contributed by atoms with Crippen LogP contribution >= 0.6 is 0 Å². The molecule has 0 aliphatic rings. The summed E-state index contributed by atoms with van der Waals surface area (Å²) in [6.45, 7) is 3.66. The van der Waals surface area contributed by atoms with Crippen LogP contribution in [0.2, 0.25) is 0 Å². The van der Waals surface area contributed by atoms with E-state index in [4.69, 9.17) is 0 Å². The highest BCUT2D eigenvalue weighted by atomic mass is 16.2. The fourth-order valence-electron chi connectivity index (χ4n) is 1.54. The van der Waals surface area contributed by atoms with Gasteiger partial charge in [0.15, 0.2) is 0 Å². The molecule has 4 heteroatoms. The molecule has 0 saturated heterocycles. The fraction of sp³-hybridized carbons (Fsp3) is 0.222. The lowest BCUT2D eigenvalue weighted by Crippen LogP contribution is -2.08. The van der Waals surface area contributed by atoms with Gasteiger partial charge in [0, 0.05) is 24.2 Å². The van der Waals surface area contributed by atoms with E-state index >= 15 is 0 Å². The van der Waals surface area contributed by atoms with Crippen LogP contribution in [0.3, 0.4) is 0 Å². The highest BCUT2D eigenvalue weighted by Gasteiger charge is 1.96. The van der Waals surface area contributed by atoms with Crippen molar-refractivity contribution < 1.29 is 9.59 Å². The summed E-state index contributed by atoms with van der Waals surface area (Å²) < 4.78 is 0. The first-order chi connectivity index (χ1) is 10.7. The number of carbonyl (C=O) groups excluding carboxylic acids is 2. The zero-order valence-corrected chi connectivity index (χ0v) is 13.0. The third-order valence-electron chi connectivity index (χ3n) is 2.76. The van der Waals surface area contributed by atoms with Crippen molar-refractivity contribution in [2.45, 2.75) is 26.7 Å². The number of anilines is 2. The minimum atomic E-state index is 0.0520. The molecular formula is C18H22N2O2. The molecule has 0 aromatic heterocycles. The molecule has 0 bridgehead atoms. The van der Waals surface area contributed by atoms with Gasteiger partial charge in [-0.2, -0.15) is 0 Å². The third kappa shape index (κ3) is 7.24. The quantitative estimate of drug-likeness (QED) is 0.894. The molecule has 0 heterocycles. The number of carbonyl (C=O) groups is 2. The van der Waals surface area contributed by atoms with E-state index in [1.165, 1.54) is 0 Å². The Morgan fingerprint density at radius 2 is 1.00 bits per heavy atom. The maximum atomic E-state index is 10.9. The van der Waals surface area contributed by atoms with Gasteiger partial charge in [-0.15, -0.1) is 0 Å². The highest BCUT2D eigenvalue weighted by Crippen LogP contribution is 2.05. The topological polar surface area (TPSA) is 58.2 Å². The van der Waals surface area contributed by atoms with Crippen LogP contribution in [0.5, 0.6) is 0 Å². The molecule has 22 heavy (non-hydrogen) atoms. The zero-order valence-electron chi connectivity index (χ0n) is 13.0. The number of hydrogen-bond donors (Lipinski definition) is 2. The normalized spacial score (nSPS) is 9.18. The van der Waals surface area contributed by atoms with Gasteiger partial charge in [0.25, 0.3) is 0 Å². The van der Waals surface area contributed by atoms with Crippen molar-refractivity contribution in [3.8, 4) is 0 Å². The van der Waals surface area contributed by atoms with E-state index < -0.39 is 0 Å². The lowest BCUT2D eigenvalue weighted by Gasteiger charge is -2.00. The predicted octanol–water partition coefficient (Wildman–Crippen LogP) is 4.07. The number of hydrogen-bond acceptors (Lipinski definition) is 2. The summed E-state index contributed by atoms with van der Waals surface area (Å²) in [6, 6.07) is 18.9. The second kappa shape index (κ2) is 10.2. The number of para-hydroxylation sites is 2. The van der Waals surface area contributed by atoms with Crippen molar-refractivity contribution in [2.24, 2.45) is 0 Å². The highest BCUT2D eigenvalue weighted by molar-refractivity contribution is 5.90. The van der Waals surface area contributed by atoms with Crippen LogP contribution in [0.25, 0.3) is 0 Å². The molecule has 116 valence electrons. The van der Waals surface area contributed by atoms with Crippen LogP contribution in [-0.2, 0) is 9.59 Å². The van der Waals surface area contributed by atoms with Gasteiger partial charge in [-0.25, -0.2) is 0 Å². The maximum Gasteiger partial charge on any atom is 0.224 e. The van der Waals surface area contributed by atoms with Crippen molar-refractivity contribution in [1.82, 2.24) is 0 Å². The van der Waals surface area contributed by atoms with Crippen LogP contribution in [0, 0.1) is 0 Å². The molecule has 0 aliphatic carbocycles. The van der Waals surface area contributed by atoms with Crippen LogP contribution in [-0.4, -0.2) is 11.8 Å². The Morgan fingerprint density at radius 3 is 1.27 bits per heavy atom. The second-order valence-electron chi connectivity index (χ2n) is 4.54. The number of nitrogens with one attached hydrogen (secondary N) is 2. The second-order valence-corrected chi connectivity index (χ2v) is 4.54. The maximum absolute atomic E-state index is 10.9. The Bertz CT molecular complexity index is 515. The molecule has 2 N–H and O–H groups in total. The number of rotatable bonds is 4. The summed E-state index contributed by atoms with van der Waals surface area (Å²) >= 11 is 0. The molecule has 0 aliphatic heterocycles. The minimum Gasteiger partial charge on any atom is -0.326 e. The molecule has 0 spiro atoms. The van der Waals surface area contributed by atoms with E-state index in [9.17, 15) is 9.59 Å². The molecule has 0 unspecified atom stereocenters. The Hall–Kier alpha value is -2.62. The molecule has 2 rings (SSSR count).